The normalized spacial score (nSPS) is 25.4. The molecule has 4 heteroatoms. The van der Waals surface area contributed by atoms with Crippen LogP contribution >= 0.6 is 0 Å². The summed E-state index contributed by atoms with van der Waals surface area (Å²) in [5.41, 5.74) is 0.605. The maximum absolute atomic E-state index is 11.1. The van der Waals surface area contributed by atoms with Crippen LogP contribution in [-0.4, -0.2) is 28.6 Å². The highest BCUT2D eigenvalue weighted by Gasteiger charge is 2.35. The standard InChI is InChI=1S/C9H14O4/c1-4(2)7(10)6-5(3)8(11)13-9(6)12/h4,7-8,10-11H,1-3H3/t7-,8?/m0/s1. The Morgan fingerprint density at radius 3 is 2.31 bits per heavy atom. The maximum atomic E-state index is 11.1. The van der Waals surface area contributed by atoms with Gasteiger partial charge in [-0.15, -0.1) is 0 Å². The lowest BCUT2D eigenvalue weighted by atomic mass is 9.96. The molecule has 0 bridgehead atoms. The Kier molecular flexibility index (Phi) is 2.73. The summed E-state index contributed by atoms with van der Waals surface area (Å²) in [6.45, 7) is 5.17. The Hall–Kier alpha value is -0.870. The lowest BCUT2D eigenvalue weighted by Gasteiger charge is -2.13. The predicted octanol–water partition coefficient (Wildman–Crippen LogP) is 0.195. The van der Waals surface area contributed by atoms with Gasteiger partial charge in [-0.05, 0) is 12.8 Å². The summed E-state index contributed by atoms with van der Waals surface area (Å²) in [5.74, 6) is -0.686. The SMILES string of the molecule is CC1=C([C@@H](O)C(C)C)C(=O)OC1O. The second kappa shape index (κ2) is 3.47. The third-order valence-corrected chi connectivity index (χ3v) is 2.16. The number of esters is 1. The minimum atomic E-state index is -1.18. The number of aliphatic hydroxyl groups is 2. The van der Waals surface area contributed by atoms with E-state index >= 15 is 0 Å². The molecule has 13 heavy (non-hydrogen) atoms. The number of cyclic esters (lactones) is 1. The first-order valence-corrected chi connectivity index (χ1v) is 4.23. The van der Waals surface area contributed by atoms with Gasteiger partial charge in [0.1, 0.15) is 0 Å². The molecule has 4 nitrogen and oxygen atoms in total. The van der Waals surface area contributed by atoms with Gasteiger partial charge in [0, 0.05) is 5.57 Å². The van der Waals surface area contributed by atoms with Crippen molar-refractivity contribution in [2.75, 3.05) is 0 Å². The minimum Gasteiger partial charge on any atom is -0.428 e. The Balaban J connectivity index is 2.95. The minimum absolute atomic E-state index is 0.0669. The van der Waals surface area contributed by atoms with E-state index in [0.717, 1.165) is 0 Å². The monoisotopic (exact) mass is 186 g/mol. The molecular weight excluding hydrogens is 172 g/mol. The Labute approximate surface area is 76.8 Å². The smallest absolute Gasteiger partial charge is 0.339 e. The maximum Gasteiger partial charge on any atom is 0.339 e. The van der Waals surface area contributed by atoms with Gasteiger partial charge in [0.2, 0.25) is 6.29 Å². The summed E-state index contributed by atoms with van der Waals surface area (Å²) in [7, 11) is 0. The van der Waals surface area contributed by atoms with Gasteiger partial charge in [0.15, 0.2) is 0 Å². The summed E-state index contributed by atoms with van der Waals surface area (Å²) in [5, 5.41) is 18.8. The number of ether oxygens (including phenoxy) is 1. The molecule has 0 aromatic heterocycles. The van der Waals surface area contributed by atoms with Crippen LogP contribution in [-0.2, 0) is 9.53 Å². The summed E-state index contributed by atoms with van der Waals surface area (Å²) in [6, 6.07) is 0. The van der Waals surface area contributed by atoms with Crippen molar-refractivity contribution in [3.05, 3.63) is 11.1 Å². The van der Waals surface area contributed by atoms with E-state index in [1.165, 1.54) is 0 Å². The van der Waals surface area contributed by atoms with Gasteiger partial charge < -0.3 is 14.9 Å². The average molecular weight is 186 g/mol. The van der Waals surface area contributed by atoms with Crippen LogP contribution < -0.4 is 0 Å². The summed E-state index contributed by atoms with van der Waals surface area (Å²) < 4.78 is 4.54. The topological polar surface area (TPSA) is 66.8 Å². The zero-order valence-corrected chi connectivity index (χ0v) is 7.94. The van der Waals surface area contributed by atoms with Crippen LogP contribution in [0.15, 0.2) is 11.1 Å². The van der Waals surface area contributed by atoms with Crippen LogP contribution in [0.4, 0.5) is 0 Å². The largest absolute Gasteiger partial charge is 0.428 e. The van der Waals surface area contributed by atoms with Crippen LogP contribution in [0.2, 0.25) is 0 Å². The molecule has 0 aromatic rings. The fourth-order valence-corrected chi connectivity index (χ4v) is 1.23. The number of hydrogen-bond acceptors (Lipinski definition) is 4. The highest BCUT2D eigenvalue weighted by atomic mass is 16.6. The molecule has 0 spiro atoms. The van der Waals surface area contributed by atoms with E-state index in [1.54, 1.807) is 20.8 Å². The van der Waals surface area contributed by atoms with Gasteiger partial charge in [-0.1, -0.05) is 13.8 Å². The lowest BCUT2D eigenvalue weighted by molar-refractivity contribution is -0.152. The molecule has 1 aliphatic rings. The molecule has 0 amide bonds. The Bertz CT molecular complexity index is 254. The van der Waals surface area contributed by atoms with Crippen LogP contribution in [0, 0.1) is 5.92 Å². The molecule has 0 aliphatic carbocycles. The summed E-state index contributed by atoms with van der Waals surface area (Å²) in [4.78, 5) is 11.1. The first kappa shape index (κ1) is 10.2. The Morgan fingerprint density at radius 2 is 2.00 bits per heavy atom. The second-order valence-electron chi connectivity index (χ2n) is 3.54. The molecule has 0 radical (unpaired) electrons. The van der Waals surface area contributed by atoms with Crippen molar-refractivity contribution < 1.29 is 19.7 Å². The summed E-state index contributed by atoms with van der Waals surface area (Å²) >= 11 is 0. The fraction of sp³-hybridized carbons (Fsp3) is 0.667. The van der Waals surface area contributed by atoms with Crippen molar-refractivity contribution in [2.45, 2.75) is 33.2 Å². The third kappa shape index (κ3) is 1.73. The van der Waals surface area contributed by atoms with Gasteiger partial charge in [-0.2, -0.15) is 0 Å². The van der Waals surface area contributed by atoms with E-state index in [0.29, 0.717) is 5.57 Å². The van der Waals surface area contributed by atoms with Crippen LogP contribution in [0.3, 0.4) is 0 Å². The van der Waals surface area contributed by atoms with Crippen molar-refractivity contribution in [1.29, 1.82) is 0 Å². The molecule has 74 valence electrons. The van der Waals surface area contributed by atoms with Crippen molar-refractivity contribution in [1.82, 2.24) is 0 Å². The second-order valence-corrected chi connectivity index (χ2v) is 3.54. The van der Waals surface area contributed by atoms with E-state index in [9.17, 15) is 9.90 Å². The molecule has 1 unspecified atom stereocenters. The van der Waals surface area contributed by atoms with Crippen molar-refractivity contribution in [3.63, 3.8) is 0 Å². The van der Waals surface area contributed by atoms with Gasteiger partial charge >= 0.3 is 5.97 Å². The Morgan fingerprint density at radius 1 is 1.46 bits per heavy atom. The van der Waals surface area contributed by atoms with Gasteiger partial charge in [0.25, 0.3) is 0 Å². The van der Waals surface area contributed by atoms with Crippen LogP contribution in [0.5, 0.6) is 0 Å². The molecule has 1 aliphatic heterocycles. The van der Waals surface area contributed by atoms with E-state index in [-0.39, 0.29) is 11.5 Å². The van der Waals surface area contributed by atoms with E-state index in [2.05, 4.69) is 4.74 Å². The average Bonchev–Trinajstić information content (AvgIpc) is 2.26. The molecule has 1 rings (SSSR count). The number of aliphatic hydroxyl groups excluding tert-OH is 2. The molecule has 2 N–H and O–H groups in total. The molecule has 0 saturated carbocycles. The quantitative estimate of drug-likeness (QED) is 0.604. The zero-order chi connectivity index (χ0) is 10.2. The molecule has 0 aromatic carbocycles. The number of carbonyl (C=O) groups is 1. The van der Waals surface area contributed by atoms with E-state index in [4.69, 9.17) is 5.11 Å². The first-order chi connectivity index (χ1) is 5.95. The number of rotatable bonds is 2. The third-order valence-electron chi connectivity index (χ3n) is 2.16. The summed E-state index contributed by atoms with van der Waals surface area (Å²) in [6.07, 6.45) is -2.04. The number of carbonyl (C=O) groups excluding carboxylic acids is 1. The predicted molar refractivity (Wildman–Crippen MR) is 45.6 cm³/mol. The molecule has 0 fully saturated rings. The van der Waals surface area contributed by atoms with E-state index < -0.39 is 18.4 Å². The van der Waals surface area contributed by atoms with Crippen molar-refractivity contribution >= 4 is 5.97 Å². The van der Waals surface area contributed by atoms with Crippen LogP contribution in [0.25, 0.3) is 0 Å². The van der Waals surface area contributed by atoms with Crippen molar-refractivity contribution in [3.8, 4) is 0 Å². The van der Waals surface area contributed by atoms with Gasteiger partial charge in [0.05, 0.1) is 11.7 Å². The van der Waals surface area contributed by atoms with Gasteiger partial charge in [-0.3, -0.25) is 0 Å². The lowest BCUT2D eigenvalue weighted by Crippen LogP contribution is -2.22. The molecule has 2 atom stereocenters. The fourth-order valence-electron chi connectivity index (χ4n) is 1.23. The highest BCUT2D eigenvalue weighted by Crippen LogP contribution is 2.26. The number of hydrogen-bond donors (Lipinski definition) is 2. The first-order valence-electron chi connectivity index (χ1n) is 4.23. The zero-order valence-electron chi connectivity index (χ0n) is 7.94. The van der Waals surface area contributed by atoms with Crippen molar-refractivity contribution in [2.24, 2.45) is 5.92 Å². The molecule has 1 heterocycles. The van der Waals surface area contributed by atoms with E-state index in [1.807, 2.05) is 0 Å². The van der Waals surface area contributed by atoms with Gasteiger partial charge in [-0.25, -0.2) is 4.79 Å². The molecule has 0 saturated heterocycles. The molecular formula is C9H14O4. The highest BCUT2D eigenvalue weighted by molar-refractivity contribution is 5.93. The van der Waals surface area contributed by atoms with Crippen LogP contribution in [0.1, 0.15) is 20.8 Å².